The number of hydrogen-bond acceptors (Lipinski definition) is 6. The monoisotopic (exact) mass is 329 g/mol. The maximum Gasteiger partial charge on any atom is 0.287 e. The van der Waals surface area contributed by atoms with Crippen molar-refractivity contribution in [2.75, 3.05) is 24.7 Å². The lowest BCUT2D eigenvalue weighted by Gasteiger charge is -2.37. The highest BCUT2D eigenvalue weighted by molar-refractivity contribution is 5.44. The number of benzene rings is 1. The first-order valence-electron chi connectivity index (χ1n) is 7.83. The molecule has 1 N–H and O–H groups in total. The maximum atomic E-state index is 10.8. The van der Waals surface area contributed by atoms with E-state index in [1.54, 1.807) is 6.07 Å². The molecule has 3 rings (SSSR count). The molecule has 1 aliphatic rings. The summed E-state index contributed by atoms with van der Waals surface area (Å²) in [6, 6.07) is 12.5. The van der Waals surface area contributed by atoms with Crippen LogP contribution in [-0.2, 0) is 4.74 Å². The van der Waals surface area contributed by atoms with Crippen LogP contribution < -0.4 is 4.90 Å². The van der Waals surface area contributed by atoms with E-state index in [1.807, 2.05) is 35.2 Å². The molecule has 7 nitrogen and oxygen atoms in total. The van der Waals surface area contributed by atoms with Crippen molar-refractivity contribution in [2.24, 2.45) is 0 Å². The van der Waals surface area contributed by atoms with E-state index >= 15 is 0 Å². The number of ether oxygens (including phenoxy) is 1. The average Bonchev–Trinajstić information content (AvgIpc) is 2.63. The second-order valence-corrected chi connectivity index (χ2v) is 5.72. The van der Waals surface area contributed by atoms with Crippen LogP contribution in [0.4, 0.5) is 11.5 Å². The summed E-state index contributed by atoms with van der Waals surface area (Å²) in [6.07, 6.45) is 1.16. The number of morpholine rings is 1. The van der Waals surface area contributed by atoms with Crippen molar-refractivity contribution in [3.8, 4) is 0 Å². The second kappa shape index (κ2) is 7.37. The molecule has 2 heterocycles. The number of nitrogens with zero attached hydrogens (tertiary/aromatic N) is 3. The first-order chi connectivity index (χ1) is 11.6. The van der Waals surface area contributed by atoms with Gasteiger partial charge in [0.15, 0.2) is 0 Å². The Morgan fingerprint density at radius 3 is 2.79 bits per heavy atom. The molecule has 0 saturated carbocycles. The molecule has 1 saturated heterocycles. The molecule has 1 aromatic heterocycles. The molecule has 1 fully saturated rings. The predicted octanol–water partition coefficient (Wildman–Crippen LogP) is 2.32. The summed E-state index contributed by atoms with van der Waals surface area (Å²) in [5.74, 6) is 0.661. The van der Waals surface area contributed by atoms with Gasteiger partial charge in [-0.15, -0.1) is 0 Å². The van der Waals surface area contributed by atoms with Gasteiger partial charge >= 0.3 is 0 Å². The minimum absolute atomic E-state index is 0.0344. The molecule has 0 spiro atoms. The summed E-state index contributed by atoms with van der Waals surface area (Å²) in [7, 11) is 0. The van der Waals surface area contributed by atoms with E-state index in [2.05, 4.69) is 4.98 Å². The van der Waals surface area contributed by atoms with Crippen molar-refractivity contribution in [2.45, 2.75) is 18.6 Å². The zero-order chi connectivity index (χ0) is 16.9. The number of nitro groups is 1. The van der Waals surface area contributed by atoms with Gasteiger partial charge in [0.2, 0.25) is 0 Å². The van der Waals surface area contributed by atoms with Crippen LogP contribution in [0.5, 0.6) is 0 Å². The Balaban J connectivity index is 1.74. The molecule has 2 atom stereocenters. The summed E-state index contributed by atoms with van der Waals surface area (Å²) in [5.41, 5.74) is 0.826. The van der Waals surface area contributed by atoms with Gasteiger partial charge < -0.3 is 14.7 Å². The summed E-state index contributed by atoms with van der Waals surface area (Å²) in [6.45, 7) is 1.69. The Bertz CT molecular complexity index is 678. The molecule has 0 aliphatic carbocycles. The number of rotatable bonds is 5. The number of anilines is 1. The Labute approximate surface area is 139 Å². The zero-order valence-electron chi connectivity index (χ0n) is 13.1. The fraction of sp³-hybridized carbons (Fsp3) is 0.353. The minimum Gasteiger partial charge on any atom is -0.388 e. The SMILES string of the molecule is O=[N+]([O-])c1ccc(N2CCOC[C@H]2C[C@@H](O)c2ccccc2)nc1. The van der Waals surface area contributed by atoms with Gasteiger partial charge in [-0.1, -0.05) is 30.3 Å². The van der Waals surface area contributed by atoms with Crippen molar-refractivity contribution in [1.29, 1.82) is 0 Å². The molecular formula is C17H19N3O4. The van der Waals surface area contributed by atoms with Gasteiger partial charge in [-0.05, 0) is 11.6 Å². The van der Waals surface area contributed by atoms with E-state index < -0.39 is 11.0 Å². The van der Waals surface area contributed by atoms with E-state index in [0.29, 0.717) is 32.0 Å². The Hall–Kier alpha value is -2.51. The van der Waals surface area contributed by atoms with Crippen LogP contribution in [0, 0.1) is 10.1 Å². The third-order valence-electron chi connectivity index (χ3n) is 4.14. The summed E-state index contributed by atoms with van der Waals surface area (Å²) in [5, 5.41) is 21.2. The lowest BCUT2D eigenvalue weighted by molar-refractivity contribution is -0.385. The fourth-order valence-corrected chi connectivity index (χ4v) is 2.88. The van der Waals surface area contributed by atoms with E-state index in [1.165, 1.54) is 12.3 Å². The van der Waals surface area contributed by atoms with Crippen LogP contribution in [0.15, 0.2) is 48.7 Å². The molecule has 2 aromatic rings. The lowest BCUT2D eigenvalue weighted by atomic mass is 10.0. The minimum atomic E-state index is -0.599. The highest BCUT2D eigenvalue weighted by atomic mass is 16.6. The molecule has 126 valence electrons. The molecule has 0 amide bonds. The van der Waals surface area contributed by atoms with Crippen LogP contribution in [0.25, 0.3) is 0 Å². The van der Waals surface area contributed by atoms with Gasteiger partial charge in [0, 0.05) is 19.0 Å². The predicted molar refractivity (Wildman–Crippen MR) is 88.9 cm³/mol. The second-order valence-electron chi connectivity index (χ2n) is 5.72. The van der Waals surface area contributed by atoms with E-state index in [0.717, 1.165) is 5.56 Å². The molecule has 0 unspecified atom stereocenters. The number of aromatic nitrogens is 1. The van der Waals surface area contributed by atoms with Crippen LogP contribution in [0.1, 0.15) is 18.1 Å². The van der Waals surface area contributed by atoms with Gasteiger partial charge in [0.1, 0.15) is 12.0 Å². The normalized spacial score (nSPS) is 19.0. The highest BCUT2D eigenvalue weighted by Gasteiger charge is 2.27. The van der Waals surface area contributed by atoms with Crippen molar-refractivity contribution in [1.82, 2.24) is 4.98 Å². The highest BCUT2D eigenvalue weighted by Crippen LogP contribution is 2.26. The zero-order valence-corrected chi connectivity index (χ0v) is 13.1. The molecule has 0 bridgehead atoms. The standard InChI is InChI=1S/C17H19N3O4/c21-16(13-4-2-1-3-5-13)10-15-12-24-9-8-19(15)17-7-6-14(11-18-17)20(22)23/h1-7,11,15-16,21H,8-10,12H2/t15-,16-/m1/s1. The van der Waals surface area contributed by atoms with Gasteiger partial charge in [0.05, 0.1) is 30.3 Å². The van der Waals surface area contributed by atoms with E-state index in [4.69, 9.17) is 4.74 Å². The largest absolute Gasteiger partial charge is 0.388 e. The Kier molecular flexibility index (Phi) is 5.02. The van der Waals surface area contributed by atoms with Crippen LogP contribution in [0.3, 0.4) is 0 Å². The maximum absolute atomic E-state index is 10.8. The molecule has 24 heavy (non-hydrogen) atoms. The van der Waals surface area contributed by atoms with Crippen LogP contribution in [-0.4, -0.2) is 40.8 Å². The smallest absolute Gasteiger partial charge is 0.287 e. The molecule has 1 aliphatic heterocycles. The fourth-order valence-electron chi connectivity index (χ4n) is 2.88. The first kappa shape index (κ1) is 16.4. The van der Waals surface area contributed by atoms with Gasteiger partial charge in [0.25, 0.3) is 5.69 Å². The van der Waals surface area contributed by atoms with Gasteiger partial charge in [-0.2, -0.15) is 0 Å². The lowest BCUT2D eigenvalue weighted by Crippen LogP contribution is -2.46. The summed E-state index contributed by atoms with van der Waals surface area (Å²) < 4.78 is 5.54. The average molecular weight is 329 g/mol. The molecular weight excluding hydrogens is 310 g/mol. The number of aliphatic hydroxyl groups excluding tert-OH is 1. The first-order valence-corrected chi connectivity index (χ1v) is 7.83. The van der Waals surface area contributed by atoms with Gasteiger partial charge in [-0.25, -0.2) is 4.98 Å². The topological polar surface area (TPSA) is 88.7 Å². The summed E-state index contributed by atoms with van der Waals surface area (Å²) in [4.78, 5) is 16.5. The number of pyridine rings is 1. The van der Waals surface area contributed by atoms with Crippen molar-refractivity contribution in [3.63, 3.8) is 0 Å². The van der Waals surface area contributed by atoms with Crippen LogP contribution >= 0.6 is 0 Å². The number of hydrogen-bond donors (Lipinski definition) is 1. The molecule has 0 radical (unpaired) electrons. The van der Waals surface area contributed by atoms with E-state index in [-0.39, 0.29) is 11.7 Å². The quantitative estimate of drug-likeness (QED) is 0.669. The van der Waals surface area contributed by atoms with Crippen molar-refractivity contribution < 1.29 is 14.8 Å². The third-order valence-corrected chi connectivity index (χ3v) is 4.14. The van der Waals surface area contributed by atoms with Crippen molar-refractivity contribution in [3.05, 3.63) is 64.3 Å². The Morgan fingerprint density at radius 1 is 1.33 bits per heavy atom. The van der Waals surface area contributed by atoms with Gasteiger partial charge in [-0.3, -0.25) is 10.1 Å². The Morgan fingerprint density at radius 2 is 2.12 bits per heavy atom. The number of aliphatic hydroxyl groups is 1. The third kappa shape index (κ3) is 3.69. The summed E-state index contributed by atoms with van der Waals surface area (Å²) >= 11 is 0. The van der Waals surface area contributed by atoms with E-state index in [9.17, 15) is 15.2 Å². The molecule has 1 aromatic carbocycles. The molecule has 7 heteroatoms. The van der Waals surface area contributed by atoms with Crippen LogP contribution in [0.2, 0.25) is 0 Å². The van der Waals surface area contributed by atoms with Crippen molar-refractivity contribution >= 4 is 11.5 Å².